The average Bonchev–Trinajstić information content (AvgIpc) is 2.87. The molecular weight excluding hydrogens is 424 g/mol. The zero-order valence-corrected chi connectivity index (χ0v) is 18.2. The Labute approximate surface area is 196 Å². The van der Waals surface area contributed by atoms with Crippen LogP contribution in [0.4, 0.5) is 11.5 Å². The molecule has 5 rings (SSSR count). The molecule has 5 aromatic rings. The smallest absolute Gasteiger partial charge is 0.251 e. The van der Waals surface area contributed by atoms with Crippen LogP contribution >= 0.6 is 0 Å². The van der Waals surface area contributed by atoms with Crippen LogP contribution in [0.2, 0.25) is 0 Å². The van der Waals surface area contributed by atoms with E-state index in [1.807, 2.05) is 48.5 Å². The largest absolute Gasteiger partial charge is 0.383 e. The number of nitrogens with two attached hydrogens (primary N) is 1. The summed E-state index contributed by atoms with van der Waals surface area (Å²) >= 11 is 0. The number of rotatable bonds is 5. The maximum absolute atomic E-state index is 12.8. The number of hydrogen-bond donors (Lipinski definition) is 2. The van der Waals surface area contributed by atoms with Gasteiger partial charge in [-0.25, -0.2) is 9.83 Å². The lowest BCUT2D eigenvalue weighted by Gasteiger charge is -2.09. The summed E-state index contributed by atoms with van der Waals surface area (Å²) in [7, 11) is 0. The number of pyridine rings is 3. The van der Waals surface area contributed by atoms with E-state index >= 15 is 0 Å². The van der Waals surface area contributed by atoms with E-state index in [1.165, 1.54) is 0 Å². The predicted octanol–water partition coefficient (Wildman–Crippen LogP) is 4.83. The molecule has 0 saturated carbocycles. The van der Waals surface area contributed by atoms with Crippen LogP contribution in [0.15, 0.2) is 79.3 Å². The van der Waals surface area contributed by atoms with Crippen LogP contribution in [0.3, 0.4) is 0 Å². The summed E-state index contributed by atoms with van der Waals surface area (Å²) in [4.78, 5) is 29.1. The van der Waals surface area contributed by atoms with Crippen LogP contribution < -0.4 is 11.1 Å². The van der Waals surface area contributed by atoms with Crippen LogP contribution in [0, 0.1) is 6.57 Å². The van der Waals surface area contributed by atoms with E-state index in [1.54, 1.807) is 30.7 Å². The third kappa shape index (κ3) is 4.38. The van der Waals surface area contributed by atoms with Gasteiger partial charge in [0.25, 0.3) is 5.91 Å². The van der Waals surface area contributed by atoms with Gasteiger partial charge < -0.3 is 11.1 Å². The highest BCUT2D eigenvalue weighted by molar-refractivity contribution is 5.94. The first kappa shape index (κ1) is 21.0. The molecule has 0 saturated heterocycles. The minimum atomic E-state index is -0.164. The van der Waals surface area contributed by atoms with Gasteiger partial charge in [0.1, 0.15) is 5.82 Å². The van der Waals surface area contributed by atoms with Gasteiger partial charge in [0.05, 0.1) is 12.1 Å². The lowest BCUT2D eigenvalue weighted by atomic mass is 10.0. The summed E-state index contributed by atoms with van der Waals surface area (Å²) in [6.45, 7) is 7.58. The maximum Gasteiger partial charge on any atom is 0.251 e. The van der Waals surface area contributed by atoms with E-state index in [-0.39, 0.29) is 5.91 Å². The Bertz CT molecular complexity index is 1590. The molecule has 7 heteroatoms. The summed E-state index contributed by atoms with van der Waals surface area (Å²) in [5.74, 6) is 0.328. The van der Waals surface area contributed by atoms with Crippen molar-refractivity contribution in [3.05, 3.63) is 113 Å². The van der Waals surface area contributed by atoms with E-state index in [9.17, 15) is 4.79 Å². The van der Waals surface area contributed by atoms with E-state index in [4.69, 9.17) is 12.3 Å². The molecule has 0 bridgehead atoms. The Balaban J connectivity index is 1.29. The monoisotopic (exact) mass is 444 g/mol. The number of nitrogens with one attached hydrogen (secondary N) is 1. The molecule has 0 fully saturated rings. The van der Waals surface area contributed by atoms with Crippen molar-refractivity contribution in [2.24, 2.45) is 0 Å². The van der Waals surface area contributed by atoms with Gasteiger partial charge in [0.2, 0.25) is 5.69 Å². The highest BCUT2D eigenvalue weighted by atomic mass is 16.1. The molecule has 0 aliphatic carbocycles. The zero-order valence-electron chi connectivity index (χ0n) is 18.2. The molecule has 164 valence electrons. The number of amides is 1. The molecule has 34 heavy (non-hydrogen) atoms. The van der Waals surface area contributed by atoms with Crippen LogP contribution in [0.25, 0.3) is 26.5 Å². The average molecular weight is 444 g/mol. The van der Waals surface area contributed by atoms with E-state index in [2.05, 4.69) is 25.1 Å². The molecule has 0 radical (unpaired) electrons. The van der Waals surface area contributed by atoms with Crippen molar-refractivity contribution in [3.8, 4) is 0 Å². The van der Waals surface area contributed by atoms with Gasteiger partial charge in [-0.15, -0.1) is 0 Å². The number of nitrogen functional groups attached to an aromatic ring is 1. The number of hydrogen-bond acceptors (Lipinski definition) is 5. The highest BCUT2D eigenvalue weighted by Crippen LogP contribution is 2.22. The number of aromatic nitrogens is 3. The summed E-state index contributed by atoms with van der Waals surface area (Å²) in [6.07, 6.45) is 5.46. The Morgan fingerprint density at radius 1 is 0.912 bits per heavy atom. The number of benzene rings is 2. The van der Waals surface area contributed by atoms with Crippen molar-refractivity contribution >= 4 is 39.1 Å². The van der Waals surface area contributed by atoms with Gasteiger partial charge in [0.15, 0.2) is 0 Å². The second-order valence-electron chi connectivity index (χ2n) is 7.98. The molecule has 7 nitrogen and oxygen atoms in total. The van der Waals surface area contributed by atoms with Crippen molar-refractivity contribution in [2.45, 2.75) is 13.0 Å². The molecule has 0 atom stereocenters. The van der Waals surface area contributed by atoms with Gasteiger partial charge in [-0.1, -0.05) is 24.3 Å². The standard InChI is InChI=1S/C27H20N6O/c1-29-23-14-21-10-17(3-5-25(21)32-16-23)12-22-13-20(7-8-30-22)27(34)33-15-18-2-4-24-19(11-18)6-9-31-26(24)28/h2-11,13-14,16H,12,15H2,(H2,28,31)(H,33,34). The van der Waals surface area contributed by atoms with Crippen LogP contribution in [0.1, 0.15) is 27.2 Å². The number of fused-ring (bicyclic) bond motifs is 2. The van der Waals surface area contributed by atoms with Gasteiger partial charge >= 0.3 is 0 Å². The van der Waals surface area contributed by atoms with E-state index in [0.717, 1.165) is 38.5 Å². The fourth-order valence-corrected chi connectivity index (χ4v) is 3.91. The lowest BCUT2D eigenvalue weighted by Crippen LogP contribution is -2.23. The van der Waals surface area contributed by atoms with Crippen LogP contribution in [-0.4, -0.2) is 20.9 Å². The highest BCUT2D eigenvalue weighted by Gasteiger charge is 2.09. The number of carbonyl (C=O) groups is 1. The molecule has 0 aliphatic rings. The fourth-order valence-electron chi connectivity index (χ4n) is 3.91. The second kappa shape index (κ2) is 8.96. The number of carbonyl (C=O) groups excluding carboxylic acids is 1. The van der Waals surface area contributed by atoms with E-state index in [0.29, 0.717) is 30.0 Å². The van der Waals surface area contributed by atoms with E-state index < -0.39 is 0 Å². The normalized spacial score (nSPS) is 10.8. The van der Waals surface area contributed by atoms with Crippen molar-refractivity contribution in [1.82, 2.24) is 20.3 Å². The lowest BCUT2D eigenvalue weighted by molar-refractivity contribution is 0.0950. The summed E-state index contributed by atoms with van der Waals surface area (Å²) < 4.78 is 0. The molecule has 0 unspecified atom stereocenters. The fraction of sp³-hybridized carbons (Fsp3) is 0.0741. The van der Waals surface area contributed by atoms with Crippen molar-refractivity contribution < 1.29 is 4.79 Å². The van der Waals surface area contributed by atoms with Gasteiger partial charge in [0, 0.05) is 48.2 Å². The first-order valence-electron chi connectivity index (χ1n) is 10.7. The maximum atomic E-state index is 12.8. The minimum absolute atomic E-state index is 0.164. The minimum Gasteiger partial charge on any atom is -0.383 e. The number of nitrogens with zero attached hydrogens (tertiary/aromatic N) is 4. The Kier molecular flexibility index (Phi) is 5.55. The molecular formula is C27H20N6O. The summed E-state index contributed by atoms with van der Waals surface area (Å²) in [5.41, 5.74) is 10.6. The SMILES string of the molecule is [C-]#[N+]c1cnc2ccc(Cc3cc(C(=O)NCc4ccc5c(N)nccc5c4)ccn3)cc2c1. The van der Waals surface area contributed by atoms with Crippen molar-refractivity contribution in [1.29, 1.82) is 0 Å². The quantitative estimate of drug-likeness (QED) is 0.378. The van der Waals surface area contributed by atoms with Crippen molar-refractivity contribution in [3.63, 3.8) is 0 Å². The molecule has 0 aliphatic heterocycles. The van der Waals surface area contributed by atoms with Crippen molar-refractivity contribution in [2.75, 3.05) is 5.73 Å². The Morgan fingerprint density at radius 3 is 2.62 bits per heavy atom. The Morgan fingerprint density at radius 2 is 1.74 bits per heavy atom. The summed E-state index contributed by atoms with van der Waals surface area (Å²) in [6, 6.07) is 19.0. The second-order valence-corrected chi connectivity index (χ2v) is 7.98. The molecule has 3 aromatic heterocycles. The van der Waals surface area contributed by atoms with Gasteiger partial charge in [-0.05, 0) is 58.3 Å². The third-order valence-corrected chi connectivity index (χ3v) is 5.64. The topological polar surface area (TPSA) is 98.2 Å². The van der Waals surface area contributed by atoms with Gasteiger partial charge in [-0.2, -0.15) is 0 Å². The predicted molar refractivity (Wildman–Crippen MR) is 132 cm³/mol. The molecule has 2 aromatic carbocycles. The first-order chi connectivity index (χ1) is 16.6. The molecule has 1 amide bonds. The molecule has 3 heterocycles. The number of anilines is 1. The molecule has 3 N–H and O–H groups in total. The summed E-state index contributed by atoms with van der Waals surface area (Å²) in [5, 5.41) is 5.76. The molecule has 0 spiro atoms. The van der Waals surface area contributed by atoms with Gasteiger partial charge in [-0.3, -0.25) is 14.8 Å². The first-order valence-corrected chi connectivity index (χ1v) is 10.7. The zero-order chi connectivity index (χ0) is 23.5. The van der Waals surface area contributed by atoms with Crippen LogP contribution in [-0.2, 0) is 13.0 Å². The van der Waals surface area contributed by atoms with Crippen LogP contribution in [0.5, 0.6) is 0 Å². The third-order valence-electron chi connectivity index (χ3n) is 5.64. The Hall–Kier alpha value is -4.83.